The third kappa shape index (κ3) is 4.79. The predicted octanol–water partition coefficient (Wildman–Crippen LogP) is 4.86. The lowest BCUT2D eigenvalue weighted by Crippen LogP contribution is -2.30. The number of hydrogen-bond acceptors (Lipinski definition) is 3. The van der Waals surface area contributed by atoms with E-state index < -0.39 is 6.23 Å². The molecular formula is C19H29NO3. The molecule has 4 nitrogen and oxygen atoms in total. The van der Waals surface area contributed by atoms with Crippen LogP contribution >= 0.6 is 0 Å². The number of carbonyl (C=O) groups is 1. The molecule has 0 radical (unpaired) electrons. The van der Waals surface area contributed by atoms with Crippen LogP contribution in [-0.4, -0.2) is 24.2 Å². The first-order valence-corrected chi connectivity index (χ1v) is 8.96. The second-order valence-corrected chi connectivity index (χ2v) is 6.04. The molecule has 1 atom stereocenters. The van der Waals surface area contributed by atoms with Crippen LogP contribution < -0.4 is 0 Å². The molecule has 4 heteroatoms. The van der Waals surface area contributed by atoms with Crippen molar-refractivity contribution in [3.8, 4) is 0 Å². The van der Waals surface area contributed by atoms with E-state index in [0.717, 1.165) is 31.2 Å². The van der Waals surface area contributed by atoms with Crippen LogP contribution in [0.15, 0.2) is 24.3 Å². The minimum Gasteiger partial charge on any atom is -0.352 e. The first-order chi connectivity index (χ1) is 11.3. The minimum atomic E-state index is -0.402. The molecule has 0 aliphatic carbocycles. The van der Waals surface area contributed by atoms with Crippen molar-refractivity contribution in [3.05, 3.63) is 35.4 Å². The number of fused-ring (bicyclic) bond motifs is 1. The van der Waals surface area contributed by atoms with Gasteiger partial charge in [0.25, 0.3) is 5.91 Å². The SMILES string of the molecule is CCCCCCCON1C(=O)c2ccccc2C1OCCCC. The number of benzene rings is 1. The molecule has 1 aromatic carbocycles. The lowest BCUT2D eigenvalue weighted by Gasteiger charge is -2.24. The summed E-state index contributed by atoms with van der Waals surface area (Å²) in [6.45, 7) is 5.53. The largest absolute Gasteiger partial charge is 0.352 e. The molecule has 128 valence electrons. The highest BCUT2D eigenvalue weighted by molar-refractivity contribution is 5.98. The van der Waals surface area contributed by atoms with Gasteiger partial charge in [-0.15, -0.1) is 0 Å². The van der Waals surface area contributed by atoms with E-state index in [-0.39, 0.29) is 5.91 Å². The Morgan fingerprint density at radius 2 is 1.70 bits per heavy atom. The van der Waals surface area contributed by atoms with E-state index in [9.17, 15) is 4.79 Å². The molecule has 1 heterocycles. The van der Waals surface area contributed by atoms with E-state index in [2.05, 4.69) is 13.8 Å². The zero-order valence-corrected chi connectivity index (χ0v) is 14.4. The monoisotopic (exact) mass is 319 g/mol. The zero-order valence-electron chi connectivity index (χ0n) is 14.4. The Morgan fingerprint density at radius 1 is 0.957 bits per heavy atom. The number of rotatable bonds is 11. The fourth-order valence-corrected chi connectivity index (χ4v) is 2.75. The normalized spacial score (nSPS) is 16.9. The first-order valence-electron chi connectivity index (χ1n) is 8.96. The molecule has 0 fully saturated rings. The molecule has 2 rings (SSSR count). The summed E-state index contributed by atoms with van der Waals surface area (Å²) in [5, 5.41) is 1.43. The van der Waals surface area contributed by atoms with E-state index in [1.54, 1.807) is 0 Å². The highest BCUT2D eigenvalue weighted by atomic mass is 16.7. The minimum absolute atomic E-state index is 0.0874. The molecule has 0 spiro atoms. The van der Waals surface area contributed by atoms with Crippen molar-refractivity contribution in [2.75, 3.05) is 13.2 Å². The summed E-state index contributed by atoms with van der Waals surface area (Å²) >= 11 is 0. The number of ether oxygens (including phenoxy) is 1. The van der Waals surface area contributed by atoms with Gasteiger partial charge in [-0.1, -0.05) is 64.2 Å². The average molecular weight is 319 g/mol. The van der Waals surface area contributed by atoms with Crippen LogP contribution in [0.2, 0.25) is 0 Å². The number of nitrogens with zero attached hydrogens (tertiary/aromatic N) is 1. The van der Waals surface area contributed by atoms with Crippen LogP contribution in [0.25, 0.3) is 0 Å². The van der Waals surface area contributed by atoms with Gasteiger partial charge in [-0.3, -0.25) is 9.63 Å². The van der Waals surface area contributed by atoms with Crippen LogP contribution in [0.3, 0.4) is 0 Å². The third-order valence-corrected chi connectivity index (χ3v) is 4.12. The van der Waals surface area contributed by atoms with Gasteiger partial charge >= 0.3 is 0 Å². The summed E-state index contributed by atoms with van der Waals surface area (Å²) in [5.41, 5.74) is 1.61. The van der Waals surface area contributed by atoms with Crippen molar-refractivity contribution in [2.45, 2.75) is 65.0 Å². The second-order valence-electron chi connectivity index (χ2n) is 6.04. The van der Waals surface area contributed by atoms with Crippen LogP contribution in [0, 0.1) is 0 Å². The first kappa shape index (κ1) is 18.0. The van der Waals surface area contributed by atoms with E-state index in [1.807, 2.05) is 24.3 Å². The lowest BCUT2D eigenvalue weighted by atomic mass is 10.1. The number of hydroxylamine groups is 2. The second kappa shape index (κ2) is 9.68. The van der Waals surface area contributed by atoms with Crippen LogP contribution in [0.1, 0.15) is 80.9 Å². The van der Waals surface area contributed by atoms with Crippen molar-refractivity contribution >= 4 is 5.91 Å². The van der Waals surface area contributed by atoms with Crippen LogP contribution in [-0.2, 0) is 9.57 Å². The van der Waals surface area contributed by atoms with Crippen molar-refractivity contribution < 1.29 is 14.4 Å². The summed E-state index contributed by atoms with van der Waals surface area (Å²) in [5.74, 6) is -0.0874. The van der Waals surface area contributed by atoms with Crippen molar-refractivity contribution in [1.29, 1.82) is 0 Å². The zero-order chi connectivity index (χ0) is 16.5. The standard InChI is InChI=1S/C19H29NO3/c1-3-5-7-8-11-15-23-20-18(21)16-12-9-10-13-17(16)19(20)22-14-6-4-2/h9-10,12-13,19H,3-8,11,14-15H2,1-2H3. The fourth-order valence-electron chi connectivity index (χ4n) is 2.75. The van der Waals surface area contributed by atoms with Gasteiger partial charge in [0.15, 0.2) is 6.23 Å². The molecule has 1 aliphatic heterocycles. The molecule has 1 amide bonds. The van der Waals surface area contributed by atoms with E-state index in [0.29, 0.717) is 18.8 Å². The molecule has 0 saturated carbocycles. The molecule has 0 aromatic heterocycles. The molecule has 1 aliphatic rings. The van der Waals surface area contributed by atoms with Gasteiger partial charge in [0, 0.05) is 17.7 Å². The maximum absolute atomic E-state index is 12.5. The van der Waals surface area contributed by atoms with Gasteiger partial charge in [0.1, 0.15) is 0 Å². The highest BCUT2D eigenvalue weighted by Gasteiger charge is 2.38. The van der Waals surface area contributed by atoms with Crippen molar-refractivity contribution in [1.82, 2.24) is 5.06 Å². The van der Waals surface area contributed by atoms with Gasteiger partial charge in [0.2, 0.25) is 0 Å². The number of carbonyl (C=O) groups excluding carboxylic acids is 1. The topological polar surface area (TPSA) is 38.8 Å². The Hall–Kier alpha value is -1.39. The van der Waals surface area contributed by atoms with Gasteiger partial charge in [-0.05, 0) is 18.9 Å². The Morgan fingerprint density at radius 3 is 2.48 bits per heavy atom. The molecule has 1 aromatic rings. The summed E-state index contributed by atoms with van der Waals surface area (Å²) < 4.78 is 5.93. The van der Waals surface area contributed by atoms with Crippen LogP contribution in [0.4, 0.5) is 0 Å². The Labute approximate surface area is 139 Å². The van der Waals surface area contributed by atoms with Gasteiger partial charge < -0.3 is 4.74 Å². The average Bonchev–Trinajstić information content (AvgIpc) is 2.84. The molecular weight excluding hydrogens is 290 g/mol. The summed E-state index contributed by atoms with van der Waals surface area (Å²) in [4.78, 5) is 18.3. The molecule has 0 N–H and O–H groups in total. The third-order valence-electron chi connectivity index (χ3n) is 4.12. The molecule has 1 unspecified atom stereocenters. The van der Waals surface area contributed by atoms with Gasteiger partial charge in [0.05, 0.1) is 6.61 Å². The quantitative estimate of drug-likeness (QED) is 0.547. The smallest absolute Gasteiger partial charge is 0.280 e. The number of amides is 1. The maximum atomic E-state index is 12.5. The van der Waals surface area contributed by atoms with E-state index in [4.69, 9.17) is 9.57 Å². The van der Waals surface area contributed by atoms with Gasteiger partial charge in [-0.2, -0.15) is 5.06 Å². The summed E-state index contributed by atoms with van der Waals surface area (Å²) in [6, 6.07) is 7.62. The van der Waals surface area contributed by atoms with E-state index in [1.165, 1.54) is 24.3 Å². The molecule has 0 saturated heterocycles. The Balaban J connectivity index is 1.92. The highest BCUT2D eigenvalue weighted by Crippen LogP contribution is 2.34. The fraction of sp³-hybridized carbons (Fsp3) is 0.632. The Kier molecular flexibility index (Phi) is 7.56. The Bertz CT molecular complexity index is 489. The van der Waals surface area contributed by atoms with Gasteiger partial charge in [-0.25, -0.2) is 0 Å². The summed E-state index contributed by atoms with van der Waals surface area (Å²) in [6.07, 6.45) is 7.49. The van der Waals surface area contributed by atoms with E-state index >= 15 is 0 Å². The maximum Gasteiger partial charge on any atom is 0.280 e. The van der Waals surface area contributed by atoms with Crippen molar-refractivity contribution in [2.24, 2.45) is 0 Å². The number of hydrogen-bond donors (Lipinski definition) is 0. The lowest BCUT2D eigenvalue weighted by molar-refractivity contribution is -0.216. The van der Waals surface area contributed by atoms with Crippen LogP contribution in [0.5, 0.6) is 0 Å². The van der Waals surface area contributed by atoms with Crippen molar-refractivity contribution in [3.63, 3.8) is 0 Å². The predicted molar refractivity (Wildman–Crippen MR) is 90.9 cm³/mol. The number of unbranched alkanes of at least 4 members (excludes halogenated alkanes) is 5. The molecule has 23 heavy (non-hydrogen) atoms. The molecule has 0 bridgehead atoms. The summed E-state index contributed by atoms with van der Waals surface area (Å²) in [7, 11) is 0.